The molecule has 1 rings (SSSR count). The molecule has 0 bridgehead atoms. The number of piperidine rings is 1. The van der Waals surface area contributed by atoms with E-state index in [0.29, 0.717) is 11.8 Å². The second-order valence-corrected chi connectivity index (χ2v) is 6.17. The fourth-order valence-corrected chi connectivity index (χ4v) is 2.90. The van der Waals surface area contributed by atoms with E-state index < -0.39 is 0 Å². The van der Waals surface area contributed by atoms with Gasteiger partial charge in [-0.3, -0.25) is 4.79 Å². The number of nitrogens with zero attached hydrogens (tertiary/aromatic N) is 1. The van der Waals surface area contributed by atoms with Gasteiger partial charge in [-0.25, -0.2) is 0 Å². The van der Waals surface area contributed by atoms with Crippen LogP contribution in [0.25, 0.3) is 0 Å². The number of hydrogen-bond acceptors (Lipinski definition) is 2. The molecule has 1 aliphatic heterocycles. The standard InChI is InChI=1S/C15H30N2O/c1-3-15(2)10-8-12-17(13-15)11-7-5-4-6-9-14(16)18/h3-13H2,1-2H3,(H2,16,18). The summed E-state index contributed by atoms with van der Waals surface area (Å²) in [6, 6.07) is 0. The molecule has 0 aromatic carbocycles. The van der Waals surface area contributed by atoms with Gasteiger partial charge in [0.1, 0.15) is 0 Å². The largest absolute Gasteiger partial charge is 0.370 e. The lowest BCUT2D eigenvalue weighted by molar-refractivity contribution is -0.118. The third kappa shape index (κ3) is 5.85. The van der Waals surface area contributed by atoms with Crippen molar-refractivity contribution in [3.63, 3.8) is 0 Å². The maximum atomic E-state index is 10.6. The second-order valence-electron chi connectivity index (χ2n) is 6.17. The van der Waals surface area contributed by atoms with Crippen molar-refractivity contribution in [1.82, 2.24) is 4.90 Å². The first-order valence-electron chi connectivity index (χ1n) is 7.56. The lowest BCUT2D eigenvalue weighted by Crippen LogP contribution is -2.41. The summed E-state index contributed by atoms with van der Waals surface area (Å²) in [6.45, 7) is 8.51. The van der Waals surface area contributed by atoms with Gasteiger partial charge >= 0.3 is 0 Å². The van der Waals surface area contributed by atoms with Crippen LogP contribution < -0.4 is 5.73 Å². The SMILES string of the molecule is CCC1(C)CCCN(CCCCCCC(N)=O)C1. The van der Waals surface area contributed by atoms with Crippen molar-refractivity contribution in [3.8, 4) is 0 Å². The maximum absolute atomic E-state index is 10.6. The zero-order chi connectivity index (χ0) is 13.4. The molecule has 1 fully saturated rings. The highest BCUT2D eigenvalue weighted by Gasteiger charge is 2.28. The van der Waals surface area contributed by atoms with E-state index in [0.717, 1.165) is 12.8 Å². The minimum Gasteiger partial charge on any atom is -0.370 e. The van der Waals surface area contributed by atoms with Crippen molar-refractivity contribution in [3.05, 3.63) is 0 Å². The summed E-state index contributed by atoms with van der Waals surface area (Å²) in [7, 11) is 0. The fourth-order valence-electron chi connectivity index (χ4n) is 2.90. The second kappa shape index (κ2) is 7.78. The molecular formula is C15H30N2O. The van der Waals surface area contributed by atoms with Gasteiger partial charge in [0.05, 0.1) is 0 Å². The average Bonchev–Trinajstić information content (AvgIpc) is 2.33. The Hall–Kier alpha value is -0.570. The summed E-state index contributed by atoms with van der Waals surface area (Å²) in [5, 5.41) is 0. The van der Waals surface area contributed by atoms with E-state index in [1.54, 1.807) is 0 Å². The van der Waals surface area contributed by atoms with Gasteiger partial charge in [-0.15, -0.1) is 0 Å². The van der Waals surface area contributed by atoms with Gasteiger partial charge in [0.2, 0.25) is 5.91 Å². The number of rotatable bonds is 8. The van der Waals surface area contributed by atoms with Crippen LogP contribution in [0.1, 0.15) is 65.2 Å². The normalized spacial score (nSPS) is 25.2. The molecule has 0 aromatic rings. The minimum atomic E-state index is -0.162. The van der Waals surface area contributed by atoms with E-state index in [1.807, 2.05) is 0 Å². The zero-order valence-electron chi connectivity index (χ0n) is 12.2. The molecular weight excluding hydrogens is 224 g/mol. The van der Waals surface area contributed by atoms with Gasteiger partial charge in [0, 0.05) is 13.0 Å². The first-order valence-corrected chi connectivity index (χ1v) is 7.56. The Kier molecular flexibility index (Phi) is 6.69. The Labute approximate surface area is 112 Å². The Balaban J connectivity index is 2.07. The van der Waals surface area contributed by atoms with Crippen molar-refractivity contribution in [2.24, 2.45) is 11.1 Å². The van der Waals surface area contributed by atoms with Crippen LogP contribution in [0.3, 0.4) is 0 Å². The number of primary amides is 1. The first kappa shape index (κ1) is 15.5. The molecule has 0 aromatic heterocycles. The molecule has 3 nitrogen and oxygen atoms in total. The smallest absolute Gasteiger partial charge is 0.217 e. The molecule has 1 aliphatic rings. The molecule has 0 saturated carbocycles. The summed E-state index contributed by atoms with van der Waals surface area (Å²) < 4.78 is 0. The summed E-state index contributed by atoms with van der Waals surface area (Å²) >= 11 is 0. The van der Waals surface area contributed by atoms with E-state index in [1.165, 1.54) is 51.7 Å². The predicted octanol–water partition coefficient (Wildman–Crippen LogP) is 2.93. The van der Waals surface area contributed by atoms with Crippen LogP contribution in [0.5, 0.6) is 0 Å². The molecule has 1 unspecified atom stereocenters. The predicted molar refractivity (Wildman–Crippen MR) is 76.4 cm³/mol. The summed E-state index contributed by atoms with van der Waals surface area (Å²) in [6.07, 6.45) is 9.18. The molecule has 106 valence electrons. The third-order valence-electron chi connectivity index (χ3n) is 4.36. The lowest BCUT2D eigenvalue weighted by atomic mass is 9.79. The Morgan fingerprint density at radius 2 is 2.00 bits per heavy atom. The number of carbonyl (C=O) groups is 1. The van der Waals surface area contributed by atoms with Gasteiger partial charge in [-0.2, -0.15) is 0 Å². The van der Waals surface area contributed by atoms with Gasteiger partial charge in [0.15, 0.2) is 0 Å². The van der Waals surface area contributed by atoms with Crippen molar-refractivity contribution in [2.75, 3.05) is 19.6 Å². The summed E-state index contributed by atoms with van der Waals surface area (Å²) in [5.41, 5.74) is 5.67. The van der Waals surface area contributed by atoms with Gasteiger partial charge in [-0.05, 0) is 50.6 Å². The molecule has 18 heavy (non-hydrogen) atoms. The first-order chi connectivity index (χ1) is 8.56. The number of hydrogen-bond donors (Lipinski definition) is 1. The van der Waals surface area contributed by atoms with Crippen LogP contribution in [-0.2, 0) is 4.79 Å². The van der Waals surface area contributed by atoms with E-state index in [9.17, 15) is 4.79 Å². The molecule has 0 aliphatic carbocycles. The van der Waals surface area contributed by atoms with Crippen LogP contribution in [0, 0.1) is 5.41 Å². The Bertz CT molecular complexity index is 255. The van der Waals surface area contributed by atoms with E-state index in [4.69, 9.17) is 5.73 Å². The van der Waals surface area contributed by atoms with E-state index >= 15 is 0 Å². The van der Waals surface area contributed by atoms with E-state index in [-0.39, 0.29) is 5.91 Å². The average molecular weight is 254 g/mol. The monoisotopic (exact) mass is 254 g/mol. The van der Waals surface area contributed by atoms with E-state index in [2.05, 4.69) is 18.7 Å². The maximum Gasteiger partial charge on any atom is 0.217 e. The molecule has 3 heteroatoms. The van der Waals surface area contributed by atoms with Crippen molar-refractivity contribution in [2.45, 2.75) is 65.2 Å². The number of amides is 1. The van der Waals surface area contributed by atoms with Crippen molar-refractivity contribution < 1.29 is 4.79 Å². The van der Waals surface area contributed by atoms with Gasteiger partial charge in [0.25, 0.3) is 0 Å². The number of carbonyl (C=O) groups excluding carboxylic acids is 1. The summed E-state index contributed by atoms with van der Waals surface area (Å²) in [4.78, 5) is 13.2. The highest BCUT2D eigenvalue weighted by Crippen LogP contribution is 2.32. The van der Waals surface area contributed by atoms with Crippen LogP contribution in [0.2, 0.25) is 0 Å². The molecule has 0 spiro atoms. The van der Waals surface area contributed by atoms with Gasteiger partial charge in [-0.1, -0.05) is 26.7 Å². The molecule has 1 amide bonds. The zero-order valence-corrected chi connectivity index (χ0v) is 12.2. The topological polar surface area (TPSA) is 46.3 Å². The fraction of sp³-hybridized carbons (Fsp3) is 0.933. The highest BCUT2D eigenvalue weighted by atomic mass is 16.1. The van der Waals surface area contributed by atoms with Gasteiger partial charge < -0.3 is 10.6 Å². The molecule has 1 saturated heterocycles. The number of likely N-dealkylation sites (tertiary alicyclic amines) is 1. The van der Waals surface area contributed by atoms with Crippen LogP contribution in [0.15, 0.2) is 0 Å². The Morgan fingerprint density at radius 3 is 2.67 bits per heavy atom. The molecule has 2 N–H and O–H groups in total. The van der Waals surface area contributed by atoms with Crippen LogP contribution in [-0.4, -0.2) is 30.4 Å². The van der Waals surface area contributed by atoms with Crippen LogP contribution in [0.4, 0.5) is 0 Å². The minimum absolute atomic E-state index is 0.162. The molecule has 1 atom stereocenters. The molecule has 0 radical (unpaired) electrons. The quantitative estimate of drug-likeness (QED) is 0.677. The van der Waals surface area contributed by atoms with Crippen molar-refractivity contribution in [1.29, 1.82) is 0 Å². The van der Waals surface area contributed by atoms with Crippen LogP contribution >= 0.6 is 0 Å². The number of unbranched alkanes of at least 4 members (excludes halogenated alkanes) is 3. The highest BCUT2D eigenvalue weighted by molar-refractivity contribution is 5.73. The van der Waals surface area contributed by atoms with Crippen molar-refractivity contribution >= 4 is 5.91 Å². The number of nitrogens with two attached hydrogens (primary N) is 1. The third-order valence-corrected chi connectivity index (χ3v) is 4.36. The molecule has 1 heterocycles. The summed E-state index contributed by atoms with van der Waals surface area (Å²) in [5.74, 6) is -0.162. The lowest BCUT2D eigenvalue weighted by Gasteiger charge is -2.40. The Morgan fingerprint density at radius 1 is 1.28 bits per heavy atom.